The number of nitrogens with zero attached hydrogens (tertiary/aromatic N) is 1. The lowest BCUT2D eigenvalue weighted by Gasteiger charge is -2.31. The maximum Gasteiger partial charge on any atom is 0.326 e. The fourth-order valence-corrected chi connectivity index (χ4v) is 3.21. The number of amides is 1. The molecule has 0 radical (unpaired) electrons. The molecule has 1 aromatic carbocycles. The monoisotopic (exact) mass is 274 g/mol. The number of hydrogen-bond donors (Lipinski definition) is 2. The summed E-state index contributed by atoms with van der Waals surface area (Å²) in [5.41, 5.74) is 1.97. The van der Waals surface area contributed by atoms with E-state index < -0.39 is 12.0 Å². The predicted molar refractivity (Wildman–Crippen MR) is 74.7 cm³/mol. The summed E-state index contributed by atoms with van der Waals surface area (Å²) in [6.07, 6.45) is 2.06. The van der Waals surface area contributed by atoms with E-state index in [4.69, 9.17) is 0 Å². The van der Waals surface area contributed by atoms with Gasteiger partial charge in [-0.3, -0.25) is 4.79 Å². The first-order chi connectivity index (χ1) is 9.68. The third-order valence-corrected chi connectivity index (χ3v) is 4.20. The van der Waals surface area contributed by atoms with Gasteiger partial charge in [0, 0.05) is 18.8 Å². The molecule has 1 aromatic rings. The first-order valence-corrected chi connectivity index (χ1v) is 7.04. The van der Waals surface area contributed by atoms with Crippen molar-refractivity contribution in [3.63, 3.8) is 0 Å². The number of para-hydroxylation sites is 1. The van der Waals surface area contributed by atoms with Crippen LogP contribution in [0.5, 0.6) is 0 Å². The van der Waals surface area contributed by atoms with Crippen molar-refractivity contribution in [3.05, 3.63) is 29.8 Å². The molecule has 5 heteroatoms. The molecular formula is C15H18N2O3. The van der Waals surface area contributed by atoms with Crippen LogP contribution in [0.15, 0.2) is 24.3 Å². The van der Waals surface area contributed by atoms with E-state index in [0.717, 1.165) is 30.6 Å². The SMILES string of the molecule is O=C(O)C1CCCN1C(=O)C1CCNc2ccccc21. The Morgan fingerprint density at radius 2 is 2.05 bits per heavy atom. The summed E-state index contributed by atoms with van der Waals surface area (Å²) in [5, 5.41) is 12.5. The van der Waals surface area contributed by atoms with E-state index in [1.165, 1.54) is 0 Å². The topological polar surface area (TPSA) is 69.6 Å². The number of carbonyl (C=O) groups excluding carboxylic acids is 1. The number of hydrogen-bond acceptors (Lipinski definition) is 3. The van der Waals surface area contributed by atoms with Gasteiger partial charge in [-0.1, -0.05) is 18.2 Å². The van der Waals surface area contributed by atoms with Gasteiger partial charge in [-0.25, -0.2) is 4.79 Å². The summed E-state index contributed by atoms with van der Waals surface area (Å²) in [6, 6.07) is 7.13. The van der Waals surface area contributed by atoms with Crippen molar-refractivity contribution in [1.29, 1.82) is 0 Å². The van der Waals surface area contributed by atoms with Gasteiger partial charge in [0.15, 0.2) is 0 Å². The first-order valence-electron chi connectivity index (χ1n) is 7.04. The third-order valence-electron chi connectivity index (χ3n) is 4.20. The zero-order valence-corrected chi connectivity index (χ0v) is 11.2. The predicted octanol–water partition coefficient (Wildman–Crippen LogP) is 1.66. The number of benzene rings is 1. The van der Waals surface area contributed by atoms with Crippen LogP contribution in [-0.2, 0) is 9.59 Å². The number of rotatable bonds is 2. The summed E-state index contributed by atoms with van der Waals surface area (Å²) in [7, 11) is 0. The van der Waals surface area contributed by atoms with Gasteiger partial charge < -0.3 is 15.3 Å². The van der Waals surface area contributed by atoms with Crippen LogP contribution in [0.2, 0.25) is 0 Å². The summed E-state index contributed by atoms with van der Waals surface area (Å²) in [5.74, 6) is -1.14. The van der Waals surface area contributed by atoms with Crippen molar-refractivity contribution < 1.29 is 14.7 Å². The summed E-state index contributed by atoms with van der Waals surface area (Å²) >= 11 is 0. The van der Waals surface area contributed by atoms with Gasteiger partial charge in [0.25, 0.3) is 0 Å². The molecule has 2 aliphatic rings. The van der Waals surface area contributed by atoms with E-state index in [2.05, 4.69) is 5.32 Å². The van der Waals surface area contributed by atoms with Crippen molar-refractivity contribution >= 4 is 17.6 Å². The standard InChI is InChI=1S/C15H18N2O3/c18-14(17-9-3-6-13(17)15(19)20)11-7-8-16-12-5-2-1-4-10(11)12/h1-2,4-5,11,13,16H,3,6-9H2,(H,19,20). The van der Waals surface area contributed by atoms with Gasteiger partial charge >= 0.3 is 5.97 Å². The molecule has 20 heavy (non-hydrogen) atoms. The molecule has 2 unspecified atom stereocenters. The Morgan fingerprint density at radius 1 is 1.25 bits per heavy atom. The zero-order chi connectivity index (χ0) is 14.1. The van der Waals surface area contributed by atoms with Gasteiger partial charge in [-0.05, 0) is 30.9 Å². The number of nitrogens with one attached hydrogen (secondary N) is 1. The minimum Gasteiger partial charge on any atom is -0.480 e. The lowest BCUT2D eigenvalue weighted by atomic mass is 9.89. The van der Waals surface area contributed by atoms with Crippen molar-refractivity contribution in [3.8, 4) is 0 Å². The molecule has 2 atom stereocenters. The number of aliphatic carboxylic acids is 1. The highest BCUT2D eigenvalue weighted by molar-refractivity contribution is 5.90. The fraction of sp³-hybridized carbons (Fsp3) is 0.467. The second kappa shape index (κ2) is 5.15. The minimum atomic E-state index is -0.891. The minimum absolute atomic E-state index is 0.0381. The van der Waals surface area contributed by atoms with Crippen LogP contribution < -0.4 is 5.32 Å². The lowest BCUT2D eigenvalue weighted by Crippen LogP contribution is -2.43. The number of likely N-dealkylation sites (tertiary alicyclic amines) is 1. The molecule has 1 amide bonds. The highest BCUT2D eigenvalue weighted by atomic mass is 16.4. The maximum atomic E-state index is 12.7. The van der Waals surface area contributed by atoms with Crippen LogP contribution in [0, 0.1) is 0 Å². The van der Waals surface area contributed by atoms with Crippen molar-refractivity contribution in [2.45, 2.75) is 31.2 Å². The Labute approximate surface area is 117 Å². The quantitative estimate of drug-likeness (QED) is 0.860. The lowest BCUT2D eigenvalue weighted by molar-refractivity contribution is -0.148. The van der Waals surface area contributed by atoms with Crippen LogP contribution in [-0.4, -0.2) is 41.0 Å². The van der Waals surface area contributed by atoms with Crippen LogP contribution in [0.25, 0.3) is 0 Å². The molecule has 0 saturated carbocycles. The van der Waals surface area contributed by atoms with E-state index >= 15 is 0 Å². The normalized spacial score (nSPS) is 24.9. The van der Waals surface area contributed by atoms with E-state index in [-0.39, 0.29) is 11.8 Å². The molecule has 2 N–H and O–H groups in total. The Hall–Kier alpha value is -2.04. The van der Waals surface area contributed by atoms with Crippen molar-refractivity contribution in [2.24, 2.45) is 0 Å². The Bertz CT molecular complexity index is 544. The van der Waals surface area contributed by atoms with E-state index in [0.29, 0.717) is 13.0 Å². The molecule has 3 rings (SSSR count). The van der Waals surface area contributed by atoms with Crippen LogP contribution in [0.3, 0.4) is 0 Å². The van der Waals surface area contributed by atoms with Crippen LogP contribution in [0.4, 0.5) is 5.69 Å². The Balaban J connectivity index is 1.87. The molecule has 106 valence electrons. The molecule has 1 saturated heterocycles. The summed E-state index contributed by atoms with van der Waals surface area (Å²) < 4.78 is 0. The molecule has 2 aliphatic heterocycles. The Kier molecular flexibility index (Phi) is 3.34. The molecule has 2 heterocycles. The largest absolute Gasteiger partial charge is 0.480 e. The zero-order valence-electron chi connectivity index (χ0n) is 11.2. The van der Waals surface area contributed by atoms with E-state index in [1.54, 1.807) is 4.90 Å². The highest BCUT2D eigenvalue weighted by Gasteiger charge is 2.38. The molecule has 5 nitrogen and oxygen atoms in total. The smallest absolute Gasteiger partial charge is 0.326 e. The number of anilines is 1. The van der Waals surface area contributed by atoms with E-state index in [1.807, 2.05) is 24.3 Å². The van der Waals surface area contributed by atoms with Gasteiger partial charge in [0.1, 0.15) is 6.04 Å². The Morgan fingerprint density at radius 3 is 2.85 bits per heavy atom. The average molecular weight is 274 g/mol. The number of fused-ring (bicyclic) bond motifs is 1. The third kappa shape index (κ3) is 2.13. The number of carboxylic acids is 1. The van der Waals surface area contributed by atoms with Crippen molar-refractivity contribution in [1.82, 2.24) is 4.90 Å². The van der Waals surface area contributed by atoms with Gasteiger partial charge in [-0.2, -0.15) is 0 Å². The molecular weight excluding hydrogens is 256 g/mol. The molecule has 1 fully saturated rings. The number of carboxylic acid groups (broad SMARTS) is 1. The summed E-state index contributed by atoms with van der Waals surface area (Å²) in [4.78, 5) is 25.5. The molecule has 0 aliphatic carbocycles. The second-order valence-corrected chi connectivity index (χ2v) is 5.38. The van der Waals surface area contributed by atoms with E-state index in [9.17, 15) is 14.7 Å². The second-order valence-electron chi connectivity index (χ2n) is 5.38. The van der Waals surface area contributed by atoms with Gasteiger partial charge in [0.2, 0.25) is 5.91 Å². The van der Waals surface area contributed by atoms with Gasteiger partial charge in [-0.15, -0.1) is 0 Å². The summed E-state index contributed by atoms with van der Waals surface area (Å²) in [6.45, 7) is 1.31. The number of carbonyl (C=O) groups is 2. The maximum absolute atomic E-state index is 12.7. The molecule has 0 aromatic heterocycles. The first kappa shape index (κ1) is 13.0. The van der Waals surface area contributed by atoms with Crippen molar-refractivity contribution in [2.75, 3.05) is 18.4 Å². The fourth-order valence-electron chi connectivity index (χ4n) is 3.21. The molecule has 0 spiro atoms. The van der Waals surface area contributed by atoms with Crippen LogP contribution in [0.1, 0.15) is 30.7 Å². The van der Waals surface area contributed by atoms with Crippen LogP contribution >= 0.6 is 0 Å². The highest BCUT2D eigenvalue weighted by Crippen LogP contribution is 2.34. The average Bonchev–Trinajstić information content (AvgIpc) is 2.95. The van der Waals surface area contributed by atoms with Gasteiger partial charge in [0.05, 0.1) is 5.92 Å². The molecule has 0 bridgehead atoms.